The lowest BCUT2D eigenvalue weighted by molar-refractivity contribution is 0.0139. The number of nitrogens with one attached hydrogen (secondary N) is 1. The Hall–Kier alpha value is -1.01. The molecular formula is C14H22FNO3. The Balaban J connectivity index is 2.05. The number of aliphatic hydroxyl groups is 1. The molecule has 1 unspecified atom stereocenters. The van der Waals surface area contributed by atoms with E-state index in [-0.39, 0.29) is 12.4 Å². The molecule has 0 amide bonds. The molecule has 1 atom stereocenters. The van der Waals surface area contributed by atoms with Gasteiger partial charge in [0.05, 0.1) is 25.9 Å². The number of hydrogen-bond donors (Lipinski definition) is 2. The van der Waals surface area contributed by atoms with Crippen molar-refractivity contribution < 1.29 is 19.0 Å². The third kappa shape index (κ3) is 7.22. The third-order valence-electron chi connectivity index (χ3n) is 2.65. The van der Waals surface area contributed by atoms with Crippen LogP contribution in [-0.4, -0.2) is 51.2 Å². The standard InChI is InChI=1S/C14H22FNO3/c1-18-8-9-19-11-13(17)10-16-7-6-12-4-2-3-5-14(12)15/h2-5,13,16-17H,6-11H2,1H3. The monoisotopic (exact) mass is 271 g/mol. The number of methoxy groups -OCH3 is 1. The molecule has 0 saturated carbocycles. The summed E-state index contributed by atoms with van der Waals surface area (Å²) in [6.07, 6.45) is 0.0432. The minimum atomic E-state index is -0.558. The van der Waals surface area contributed by atoms with E-state index in [1.54, 1.807) is 19.2 Å². The first-order valence-corrected chi connectivity index (χ1v) is 6.43. The Labute approximate surface area is 113 Å². The van der Waals surface area contributed by atoms with E-state index < -0.39 is 6.10 Å². The van der Waals surface area contributed by atoms with Crippen LogP contribution >= 0.6 is 0 Å². The van der Waals surface area contributed by atoms with Gasteiger partial charge in [-0.2, -0.15) is 0 Å². The van der Waals surface area contributed by atoms with E-state index in [1.165, 1.54) is 6.07 Å². The molecule has 0 saturated heterocycles. The second-order valence-corrected chi connectivity index (χ2v) is 4.27. The highest BCUT2D eigenvalue weighted by atomic mass is 19.1. The summed E-state index contributed by atoms with van der Waals surface area (Å²) >= 11 is 0. The van der Waals surface area contributed by atoms with Crippen molar-refractivity contribution in [1.82, 2.24) is 5.32 Å². The molecule has 2 N–H and O–H groups in total. The fraction of sp³-hybridized carbons (Fsp3) is 0.571. The van der Waals surface area contributed by atoms with Gasteiger partial charge in [0.2, 0.25) is 0 Å². The van der Waals surface area contributed by atoms with Gasteiger partial charge in [-0.05, 0) is 24.6 Å². The molecule has 19 heavy (non-hydrogen) atoms. The van der Waals surface area contributed by atoms with Gasteiger partial charge in [0.25, 0.3) is 0 Å². The number of benzene rings is 1. The van der Waals surface area contributed by atoms with Gasteiger partial charge in [0, 0.05) is 13.7 Å². The second-order valence-electron chi connectivity index (χ2n) is 4.27. The van der Waals surface area contributed by atoms with Crippen LogP contribution in [0.3, 0.4) is 0 Å². The van der Waals surface area contributed by atoms with Crippen LogP contribution in [0.5, 0.6) is 0 Å². The normalized spacial score (nSPS) is 12.6. The molecular weight excluding hydrogens is 249 g/mol. The molecule has 1 aromatic rings. The largest absolute Gasteiger partial charge is 0.389 e. The number of hydrogen-bond acceptors (Lipinski definition) is 4. The van der Waals surface area contributed by atoms with Crippen LogP contribution < -0.4 is 5.32 Å². The molecule has 1 rings (SSSR count). The van der Waals surface area contributed by atoms with Gasteiger partial charge in [-0.3, -0.25) is 0 Å². The van der Waals surface area contributed by atoms with Crippen molar-refractivity contribution in [3.63, 3.8) is 0 Å². The van der Waals surface area contributed by atoms with Gasteiger partial charge in [-0.1, -0.05) is 18.2 Å². The predicted molar refractivity (Wildman–Crippen MR) is 71.7 cm³/mol. The van der Waals surface area contributed by atoms with Crippen LogP contribution in [0.4, 0.5) is 4.39 Å². The zero-order valence-corrected chi connectivity index (χ0v) is 11.3. The molecule has 0 aliphatic rings. The topological polar surface area (TPSA) is 50.7 Å². The molecule has 0 spiro atoms. The Morgan fingerprint density at radius 3 is 2.84 bits per heavy atom. The molecule has 0 heterocycles. The highest BCUT2D eigenvalue weighted by molar-refractivity contribution is 5.17. The Kier molecular flexibility index (Phi) is 8.33. The summed E-state index contributed by atoms with van der Waals surface area (Å²) < 4.78 is 23.3. The van der Waals surface area contributed by atoms with Crippen molar-refractivity contribution in [3.8, 4) is 0 Å². The molecule has 0 aliphatic heterocycles. The van der Waals surface area contributed by atoms with Crippen molar-refractivity contribution in [3.05, 3.63) is 35.6 Å². The minimum Gasteiger partial charge on any atom is -0.389 e. The molecule has 0 bridgehead atoms. The maximum Gasteiger partial charge on any atom is 0.126 e. The Morgan fingerprint density at radius 1 is 1.32 bits per heavy atom. The molecule has 4 nitrogen and oxygen atoms in total. The second kappa shape index (κ2) is 9.86. The van der Waals surface area contributed by atoms with E-state index in [0.29, 0.717) is 38.3 Å². The summed E-state index contributed by atoms with van der Waals surface area (Å²) in [5.41, 5.74) is 0.681. The maximum atomic E-state index is 13.3. The molecule has 108 valence electrons. The first-order chi connectivity index (χ1) is 9.24. The van der Waals surface area contributed by atoms with Gasteiger partial charge in [0.15, 0.2) is 0 Å². The van der Waals surface area contributed by atoms with Crippen molar-refractivity contribution in [1.29, 1.82) is 0 Å². The van der Waals surface area contributed by atoms with E-state index in [1.807, 2.05) is 6.07 Å². The summed E-state index contributed by atoms with van der Waals surface area (Å²) in [7, 11) is 1.60. The van der Waals surface area contributed by atoms with Crippen LogP contribution in [0.2, 0.25) is 0 Å². The first-order valence-electron chi connectivity index (χ1n) is 6.43. The van der Waals surface area contributed by atoms with Gasteiger partial charge < -0.3 is 19.9 Å². The smallest absolute Gasteiger partial charge is 0.126 e. The van der Waals surface area contributed by atoms with Crippen LogP contribution in [0, 0.1) is 5.82 Å². The van der Waals surface area contributed by atoms with E-state index in [9.17, 15) is 9.50 Å². The minimum absolute atomic E-state index is 0.187. The summed E-state index contributed by atoms with van der Waals surface area (Å²) in [6, 6.07) is 6.71. The van der Waals surface area contributed by atoms with Gasteiger partial charge in [-0.15, -0.1) is 0 Å². The number of halogens is 1. The van der Waals surface area contributed by atoms with Crippen molar-refractivity contribution in [2.24, 2.45) is 0 Å². The van der Waals surface area contributed by atoms with Crippen LogP contribution in [-0.2, 0) is 15.9 Å². The lowest BCUT2D eigenvalue weighted by atomic mass is 10.1. The number of ether oxygens (including phenoxy) is 2. The molecule has 0 radical (unpaired) electrons. The van der Waals surface area contributed by atoms with E-state index in [2.05, 4.69) is 5.32 Å². The molecule has 0 aromatic heterocycles. The maximum absolute atomic E-state index is 13.3. The van der Waals surface area contributed by atoms with Crippen molar-refractivity contribution in [2.45, 2.75) is 12.5 Å². The van der Waals surface area contributed by atoms with E-state index in [4.69, 9.17) is 9.47 Å². The van der Waals surface area contributed by atoms with Gasteiger partial charge in [0.1, 0.15) is 5.82 Å². The zero-order chi connectivity index (χ0) is 13.9. The first kappa shape index (κ1) is 16.0. The highest BCUT2D eigenvalue weighted by Gasteiger charge is 2.04. The summed E-state index contributed by atoms with van der Waals surface area (Å²) in [5.74, 6) is -0.187. The Bertz CT molecular complexity index is 349. The quantitative estimate of drug-likeness (QED) is 0.623. The predicted octanol–water partition coefficient (Wildman–Crippen LogP) is 0.982. The van der Waals surface area contributed by atoms with Crippen LogP contribution in [0.1, 0.15) is 5.56 Å². The summed E-state index contributed by atoms with van der Waals surface area (Å²) in [6.45, 7) is 2.32. The van der Waals surface area contributed by atoms with Crippen molar-refractivity contribution >= 4 is 0 Å². The molecule has 0 fully saturated rings. The number of aliphatic hydroxyl groups excluding tert-OH is 1. The third-order valence-corrected chi connectivity index (χ3v) is 2.65. The number of rotatable bonds is 10. The van der Waals surface area contributed by atoms with Gasteiger partial charge >= 0.3 is 0 Å². The zero-order valence-electron chi connectivity index (χ0n) is 11.3. The SMILES string of the molecule is COCCOCC(O)CNCCc1ccccc1F. The van der Waals surface area contributed by atoms with Crippen molar-refractivity contribution in [2.75, 3.05) is 40.0 Å². The average molecular weight is 271 g/mol. The molecule has 0 aliphatic carbocycles. The van der Waals surface area contributed by atoms with Gasteiger partial charge in [-0.25, -0.2) is 4.39 Å². The lowest BCUT2D eigenvalue weighted by Crippen LogP contribution is -2.32. The van der Waals surface area contributed by atoms with E-state index in [0.717, 1.165) is 0 Å². The molecule has 1 aromatic carbocycles. The lowest BCUT2D eigenvalue weighted by Gasteiger charge is -2.12. The van der Waals surface area contributed by atoms with Crippen LogP contribution in [0.25, 0.3) is 0 Å². The fourth-order valence-corrected chi connectivity index (χ4v) is 1.61. The molecule has 5 heteroatoms. The van der Waals surface area contributed by atoms with Crippen LogP contribution in [0.15, 0.2) is 24.3 Å². The highest BCUT2D eigenvalue weighted by Crippen LogP contribution is 2.05. The summed E-state index contributed by atoms with van der Waals surface area (Å²) in [4.78, 5) is 0. The fourth-order valence-electron chi connectivity index (χ4n) is 1.61. The van der Waals surface area contributed by atoms with E-state index >= 15 is 0 Å². The average Bonchev–Trinajstić information content (AvgIpc) is 2.41. The summed E-state index contributed by atoms with van der Waals surface area (Å²) in [5, 5.41) is 12.7. The Morgan fingerprint density at radius 2 is 2.11 bits per heavy atom.